The molecule has 0 bridgehead atoms. The van der Waals surface area contributed by atoms with Crippen molar-refractivity contribution in [3.8, 4) is 5.69 Å². The van der Waals surface area contributed by atoms with Crippen LogP contribution in [0.1, 0.15) is 41.3 Å². The molecule has 1 aliphatic rings. The molecule has 0 radical (unpaired) electrons. The van der Waals surface area contributed by atoms with Gasteiger partial charge in [-0.15, -0.1) is 0 Å². The van der Waals surface area contributed by atoms with Gasteiger partial charge in [0.25, 0.3) is 0 Å². The molecular weight excluding hydrogens is 222 g/mol. The number of nitrogens with zero attached hydrogens (tertiary/aromatic N) is 2. The summed E-state index contributed by atoms with van der Waals surface area (Å²) in [6.07, 6.45) is 5.25. The van der Waals surface area contributed by atoms with Crippen LogP contribution in [0, 0.1) is 13.8 Å². The predicted octanol–water partition coefficient (Wildman–Crippen LogP) is 2.83. The van der Waals surface area contributed by atoms with E-state index >= 15 is 0 Å². The maximum absolute atomic E-state index is 6.14. The average molecular weight is 241 g/mol. The van der Waals surface area contributed by atoms with Gasteiger partial charge < -0.3 is 5.73 Å². The largest absolute Gasteiger partial charge is 0.324 e. The molecule has 94 valence electrons. The molecule has 0 spiro atoms. The lowest BCUT2D eigenvalue weighted by Gasteiger charge is -2.19. The topological polar surface area (TPSA) is 43.8 Å². The third-order valence-electron chi connectivity index (χ3n) is 3.96. The number of hydrogen-bond donors (Lipinski definition) is 1. The number of benzene rings is 1. The van der Waals surface area contributed by atoms with E-state index in [2.05, 4.69) is 41.8 Å². The van der Waals surface area contributed by atoms with Gasteiger partial charge >= 0.3 is 0 Å². The predicted molar refractivity (Wildman–Crippen MR) is 72.9 cm³/mol. The maximum Gasteiger partial charge on any atom is 0.0651 e. The minimum atomic E-state index is 0.161. The Balaban J connectivity index is 2.09. The SMILES string of the molecule is Cc1ccc(-n2ncc3c2CCC[C@H]3N)cc1C. The Labute approximate surface area is 108 Å². The van der Waals surface area contributed by atoms with Gasteiger partial charge in [0.15, 0.2) is 0 Å². The van der Waals surface area contributed by atoms with Gasteiger partial charge in [-0.3, -0.25) is 0 Å². The second-order valence-electron chi connectivity index (χ2n) is 5.23. The molecule has 0 aliphatic heterocycles. The standard InChI is InChI=1S/C15H19N3/c1-10-6-7-12(8-11(10)2)18-15-5-3-4-14(16)13(15)9-17-18/h6-9,14H,3-5,16H2,1-2H3/t14-/m1/s1. The lowest BCUT2D eigenvalue weighted by Crippen LogP contribution is -2.18. The van der Waals surface area contributed by atoms with Crippen LogP contribution in [0.3, 0.4) is 0 Å². The zero-order chi connectivity index (χ0) is 12.7. The van der Waals surface area contributed by atoms with E-state index in [4.69, 9.17) is 5.73 Å². The fourth-order valence-corrected chi connectivity index (χ4v) is 2.67. The summed E-state index contributed by atoms with van der Waals surface area (Å²) in [6.45, 7) is 4.27. The van der Waals surface area contributed by atoms with Crippen LogP contribution in [0.15, 0.2) is 24.4 Å². The van der Waals surface area contributed by atoms with E-state index in [0.717, 1.165) is 24.9 Å². The zero-order valence-electron chi connectivity index (χ0n) is 11.0. The molecular formula is C15H19N3. The molecule has 0 unspecified atom stereocenters. The Morgan fingerprint density at radius 3 is 2.89 bits per heavy atom. The van der Waals surface area contributed by atoms with E-state index < -0.39 is 0 Å². The third kappa shape index (κ3) is 1.75. The third-order valence-corrected chi connectivity index (χ3v) is 3.96. The van der Waals surface area contributed by atoms with E-state index in [0.29, 0.717) is 0 Å². The van der Waals surface area contributed by atoms with Gasteiger partial charge in [0, 0.05) is 17.3 Å². The molecule has 0 fully saturated rings. The number of nitrogens with two attached hydrogens (primary N) is 1. The van der Waals surface area contributed by atoms with Crippen molar-refractivity contribution in [1.29, 1.82) is 0 Å². The Morgan fingerprint density at radius 2 is 2.11 bits per heavy atom. The second kappa shape index (κ2) is 4.25. The van der Waals surface area contributed by atoms with Crippen LogP contribution in [0.2, 0.25) is 0 Å². The van der Waals surface area contributed by atoms with Gasteiger partial charge in [-0.1, -0.05) is 6.07 Å². The first kappa shape index (κ1) is 11.5. The Bertz CT molecular complexity index is 583. The van der Waals surface area contributed by atoms with Crippen LogP contribution in [0.4, 0.5) is 0 Å². The Morgan fingerprint density at radius 1 is 1.28 bits per heavy atom. The Kier molecular flexibility index (Phi) is 2.71. The van der Waals surface area contributed by atoms with E-state index in [9.17, 15) is 0 Å². The lowest BCUT2D eigenvalue weighted by atomic mass is 9.94. The Hall–Kier alpha value is -1.61. The molecule has 0 amide bonds. The van der Waals surface area contributed by atoms with E-state index in [1.807, 2.05) is 6.20 Å². The normalized spacial score (nSPS) is 18.7. The van der Waals surface area contributed by atoms with Crippen LogP contribution in [-0.2, 0) is 6.42 Å². The summed E-state index contributed by atoms with van der Waals surface area (Å²) in [5.41, 5.74) is 12.4. The van der Waals surface area contributed by atoms with Crippen LogP contribution >= 0.6 is 0 Å². The van der Waals surface area contributed by atoms with Crippen LogP contribution < -0.4 is 5.73 Å². The average Bonchev–Trinajstić information content (AvgIpc) is 2.78. The molecule has 1 heterocycles. The van der Waals surface area contributed by atoms with Crippen LogP contribution in [-0.4, -0.2) is 9.78 Å². The molecule has 1 aromatic carbocycles. The second-order valence-corrected chi connectivity index (χ2v) is 5.23. The van der Waals surface area contributed by atoms with Crippen molar-refractivity contribution in [2.75, 3.05) is 0 Å². The smallest absolute Gasteiger partial charge is 0.0651 e. The van der Waals surface area contributed by atoms with Gasteiger partial charge in [-0.25, -0.2) is 4.68 Å². The van der Waals surface area contributed by atoms with Crippen molar-refractivity contribution in [2.45, 2.75) is 39.2 Å². The number of hydrogen-bond acceptors (Lipinski definition) is 2. The summed E-state index contributed by atoms with van der Waals surface area (Å²) in [5.74, 6) is 0. The summed E-state index contributed by atoms with van der Waals surface area (Å²) in [4.78, 5) is 0. The molecule has 2 N–H and O–H groups in total. The first-order chi connectivity index (χ1) is 8.66. The fraction of sp³-hybridized carbons (Fsp3) is 0.400. The number of fused-ring (bicyclic) bond motifs is 1. The first-order valence-electron chi connectivity index (χ1n) is 6.57. The lowest BCUT2D eigenvalue weighted by molar-refractivity contribution is 0.558. The summed E-state index contributed by atoms with van der Waals surface area (Å²) in [5, 5.41) is 4.53. The highest BCUT2D eigenvalue weighted by molar-refractivity contribution is 5.42. The highest BCUT2D eigenvalue weighted by Crippen LogP contribution is 2.29. The highest BCUT2D eigenvalue weighted by atomic mass is 15.3. The van der Waals surface area contributed by atoms with E-state index in [-0.39, 0.29) is 6.04 Å². The van der Waals surface area contributed by atoms with Crippen molar-refractivity contribution in [3.05, 3.63) is 46.8 Å². The summed E-state index contributed by atoms with van der Waals surface area (Å²) < 4.78 is 2.06. The quantitative estimate of drug-likeness (QED) is 0.834. The van der Waals surface area contributed by atoms with Gasteiger partial charge in [-0.05, 0) is 56.4 Å². The molecule has 1 aromatic heterocycles. The van der Waals surface area contributed by atoms with Crippen LogP contribution in [0.5, 0.6) is 0 Å². The first-order valence-corrected chi connectivity index (χ1v) is 6.57. The fourth-order valence-electron chi connectivity index (χ4n) is 2.67. The molecule has 0 saturated heterocycles. The maximum atomic E-state index is 6.14. The zero-order valence-corrected chi connectivity index (χ0v) is 11.0. The van der Waals surface area contributed by atoms with Gasteiger partial charge in [0.1, 0.15) is 0 Å². The molecule has 1 atom stereocenters. The van der Waals surface area contributed by atoms with Gasteiger partial charge in [0.05, 0.1) is 11.9 Å². The minimum absolute atomic E-state index is 0.161. The van der Waals surface area contributed by atoms with Crippen molar-refractivity contribution >= 4 is 0 Å². The molecule has 0 saturated carbocycles. The van der Waals surface area contributed by atoms with E-state index in [1.54, 1.807) is 0 Å². The molecule has 3 heteroatoms. The van der Waals surface area contributed by atoms with Crippen molar-refractivity contribution in [2.24, 2.45) is 5.73 Å². The molecule has 18 heavy (non-hydrogen) atoms. The molecule has 2 aromatic rings. The summed E-state index contributed by atoms with van der Waals surface area (Å²) in [7, 11) is 0. The molecule has 3 rings (SSSR count). The molecule has 1 aliphatic carbocycles. The van der Waals surface area contributed by atoms with Crippen molar-refractivity contribution < 1.29 is 0 Å². The number of aryl methyl sites for hydroxylation is 2. The molecule has 3 nitrogen and oxygen atoms in total. The van der Waals surface area contributed by atoms with Crippen molar-refractivity contribution in [1.82, 2.24) is 9.78 Å². The minimum Gasteiger partial charge on any atom is -0.324 e. The van der Waals surface area contributed by atoms with Crippen LogP contribution in [0.25, 0.3) is 5.69 Å². The summed E-state index contributed by atoms with van der Waals surface area (Å²) in [6, 6.07) is 6.65. The van der Waals surface area contributed by atoms with Gasteiger partial charge in [0.2, 0.25) is 0 Å². The number of rotatable bonds is 1. The number of aromatic nitrogens is 2. The highest BCUT2D eigenvalue weighted by Gasteiger charge is 2.21. The monoisotopic (exact) mass is 241 g/mol. The van der Waals surface area contributed by atoms with Gasteiger partial charge in [-0.2, -0.15) is 5.10 Å². The van der Waals surface area contributed by atoms with E-state index in [1.165, 1.54) is 22.4 Å². The summed E-state index contributed by atoms with van der Waals surface area (Å²) >= 11 is 0. The van der Waals surface area contributed by atoms with Crippen molar-refractivity contribution in [3.63, 3.8) is 0 Å².